The van der Waals surface area contributed by atoms with E-state index in [2.05, 4.69) is 26.6 Å². The van der Waals surface area contributed by atoms with Crippen molar-refractivity contribution in [3.05, 3.63) is 0 Å². The normalized spacial score (nSPS) is 13.6. The summed E-state index contributed by atoms with van der Waals surface area (Å²) in [5.74, 6) is -16.2. The summed E-state index contributed by atoms with van der Waals surface area (Å²) < 4.78 is 0. The number of amides is 7. The second-order valence-electron chi connectivity index (χ2n) is 19.0. The van der Waals surface area contributed by atoms with Crippen LogP contribution in [0, 0.1) is 0 Å². The quantitative estimate of drug-likeness (QED) is 0.0345. The first-order chi connectivity index (χ1) is 37.3. The Labute approximate surface area is 456 Å². The molecule has 7 amide bonds. The van der Waals surface area contributed by atoms with E-state index in [-0.39, 0.29) is 31.5 Å². The van der Waals surface area contributed by atoms with Crippen molar-refractivity contribution in [2.45, 2.75) is 216 Å². The number of nitrogens with one attached hydrogen (secondary N) is 7. The van der Waals surface area contributed by atoms with Gasteiger partial charge in [-0.3, -0.25) is 43.2 Å². The Balaban J connectivity index is 5.16. The molecule has 29 heteroatoms. The first-order valence-corrected chi connectivity index (χ1v) is 26.5. The molecule has 0 heterocycles. The van der Waals surface area contributed by atoms with E-state index >= 15 is 0 Å². The third kappa shape index (κ3) is 35.7. The van der Waals surface area contributed by atoms with Gasteiger partial charge in [0.2, 0.25) is 41.4 Å². The predicted octanol–water partition coefficient (Wildman–Crippen LogP) is -0.396. The maximum atomic E-state index is 13.3. The highest BCUT2D eigenvalue weighted by Crippen LogP contribution is 2.15. The van der Waals surface area contributed by atoms with E-state index in [1.807, 2.05) is 10.6 Å². The van der Waals surface area contributed by atoms with Gasteiger partial charge in [0, 0.05) is 44.9 Å². The minimum atomic E-state index is -1.95. The fourth-order valence-electron chi connectivity index (χ4n) is 7.69. The summed E-state index contributed by atoms with van der Waals surface area (Å²) in [6.45, 7) is -1.13. The van der Waals surface area contributed by atoms with Gasteiger partial charge in [-0.15, -0.1) is 0 Å². The molecule has 0 aromatic heterocycles. The molecule has 0 aliphatic rings. The lowest BCUT2D eigenvalue weighted by atomic mass is 10.0. The van der Waals surface area contributed by atoms with Crippen molar-refractivity contribution in [3.63, 3.8) is 0 Å². The molecule has 0 fully saturated rings. The van der Waals surface area contributed by atoms with Gasteiger partial charge in [-0.2, -0.15) is 0 Å². The second-order valence-corrected chi connectivity index (χ2v) is 19.0. The SMILES string of the molecule is CC(=O)CC[C@H](NC(=O)CC[C@H](NC(=O)[C@H](CO)NC(=O)[C@H](CCC(=O)O)NC(=O)[C@H](CO)NC(=O)CC[C@H](NC(=O)CCC(NC(=O)CCCCCCCCCCCCCCCCC(=O)O)C(=O)O)C(=O)O)C(=O)O)C(=O)O. The average Bonchev–Trinajstić information content (AvgIpc) is 3.37. The Morgan fingerprint density at radius 1 is 0.278 bits per heavy atom. The summed E-state index contributed by atoms with van der Waals surface area (Å²) in [6.07, 6.45) is 8.56. The van der Waals surface area contributed by atoms with Crippen LogP contribution in [0.5, 0.6) is 0 Å². The van der Waals surface area contributed by atoms with Crippen molar-refractivity contribution in [3.8, 4) is 0 Å². The molecule has 0 saturated heterocycles. The predicted molar refractivity (Wildman–Crippen MR) is 274 cm³/mol. The molecule has 0 aromatic carbocycles. The molecule has 0 spiro atoms. The monoisotopic (exact) mass is 1130 g/mol. The summed E-state index contributed by atoms with van der Waals surface area (Å²) in [4.78, 5) is 170. The molecule has 29 nitrogen and oxygen atoms in total. The van der Waals surface area contributed by atoms with Crippen molar-refractivity contribution in [2.75, 3.05) is 13.2 Å². The number of carbonyl (C=O) groups excluding carboxylic acids is 8. The molecule has 448 valence electrons. The van der Waals surface area contributed by atoms with Crippen molar-refractivity contribution >= 4 is 82.9 Å². The van der Waals surface area contributed by atoms with Crippen LogP contribution in [0.2, 0.25) is 0 Å². The Morgan fingerprint density at radius 2 is 0.519 bits per heavy atom. The van der Waals surface area contributed by atoms with Crippen LogP contribution in [-0.4, -0.2) is 179 Å². The molecule has 0 bridgehead atoms. The van der Waals surface area contributed by atoms with Gasteiger partial charge in [-0.1, -0.05) is 77.0 Å². The van der Waals surface area contributed by atoms with Gasteiger partial charge in [-0.25, -0.2) is 19.2 Å². The summed E-state index contributed by atoms with van der Waals surface area (Å²) in [7, 11) is 0. The Hall–Kier alpha value is -7.30. The molecule has 7 atom stereocenters. The number of unbranched alkanes of at least 4 members (excludes halogenated alkanes) is 13. The number of carboxylic acids is 6. The number of hydrogen-bond acceptors (Lipinski definition) is 16. The fraction of sp³-hybridized carbons (Fsp3) is 0.720. The lowest BCUT2D eigenvalue weighted by molar-refractivity contribution is -0.144. The smallest absolute Gasteiger partial charge is 0.326 e. The third-order valence-electron chi connectivity index (χ3n) is 12.3. The Morgan fingerprint density at radius 3 is 0.848 bits per heavy atom. The van der Waals surface area contributed by atoms with Gasteiger partial charge < -0.3 is 82.9 Å². The van der Waals surface area contributed by atoms with Crippen LogP contribution in [0.4, 0.5) is 0 Å². The molecular formula is C50H81N7O22. The van der Waals surface area contributed by atoms with Gasteiger partial charge in [0.25, 0.3) is 0 Å². The maximum absolute atomic E-state index is 13.3. The van der Waals surface area contributed by atoms with Crippen LogP contribution in [0.3, 0.4) is 0 Å². The van der Waals surface area contributed by atoms with Crippen molar-refractivity contribution in [1.29, 1.82) is 0 Å². The molecule has 0 aliphatic carbocycles. The van der Waals surface area contributed by atoms with Gasteiger partial charge >= 0.3 is 35.8 Å². The first kappa shape index (κ1) is 71.7. The van der Waals surface area contributed by atoms with Crippen LogP contribution in [0.1, 0.15) is 174 Å². The summed E-state index contributed by atoms with van der Waals surface area (Å²) in [6, 6.07) is -12.2. The highest BCUT2D eigenvalue weighted by Gasteiger charge is 2.33. The Kier molecular flexibility index (Phi) is 37.9. The van der Waals surface area contributed by atoms with E-state index in [1.54, 1.807) is 0 Å². The second kappa shape index (κ2) is 41.8. The number of carbonyl (C=O) groups is 14. The number of rotatable bonds is 48. The van der Waals surface area contributed by atoms with E-state index in [4.69, 9.17) is 5.11 Å². The molecule has 0 aliphatic heterocycles. The van der Waals surface area contributed by atoms with E-state index in [1.165, 1.54) is 6.92 Å². The van der Waals surface area contributed by atoms with Gasteiger partial charge in [0.15, 0.2) is 0 Å². The van der Waals surface area contributed by atoms with E-state index in [0.717, 1.165) is 77.0 Å². The molecule has 79 heavy (non-hydrogen) atoms. The number of aliphatic hydroxyl groups is 2. The molecule has 0 rings (SSSR count). The summed E-state index contributed by atoms with van der Waals surface area (Å²) >= 11 is 0. The van der Waals surface area contributed by atoms with Gasteiger partial charge in [0.1, 0.15) is 48.1 Å². The number of aliphatic hydroxyl groups excluding tert-OH is 2. The topological polar surface area (TPSA) is 485 Å². The fourth-order valence-corrected chi connectivity index (χ4v) is 7.69. The van der Waals surface area contributed by atoms with Crippen LogP contribution >= 0.6 is 0 Å². The van der Waals surface area contributed by atoms with Crippen molar-refractivity contribution < 1.29 is 108 Å². The summed E-state index contributed by atoms with van der Waals surface area (Å²) in [5, 5.41) is 90.9. The number of aliphatic carboxylic acids is 6. The third-order valence-corrected chi connectivity index (χ3v) is 12.3. The van der Waals surface area contributed by atoms with Gasteiger partial charge in [0.05, 0.1) is 13.2 Å². The van der Waals surface area contributed by atoms with E-state index in [9.17, 15) is 103 Å². The lowest BCUT2D eigenvalue weighted by Gasteiger charge is -2.25. The first-order valence-electron chi connectivity index (χ1n) is 26.5. The average molecular weight is 1130 g/mol. The van der Waals surface area contributed by atoms with Crippen LogP contribution in [0.25, 0.3) is 0 Å². The maximum Gasteiger partial charge on any atom is 0.326 e. The minimum Gasteiger partial charge on any atom is -0.481 e. The van der Waals surface area contributed by atoms with Crippen LogP contribution in [0.15, 0.2) is 0 Å². The highest BCUT2D eigenvalue weighted by molar-refractivity contribution is 5.96. The molecule has 1 unspecified atom stereocenters. The highest BCUT2D eigenvalue weighted by atomic mass is 16.4. The Bertz CT molecular complexity index is 2040. The van der Waals surface area contributed by atoms with Crippen molar-refractivity contribution in [1.82, 2.24) is 37.2 Å². The lowest BCUT2D eigenvalue weighted by Crippen LogP contribution is -2.59. The molecular weight excluding hydrogens is 1050 g/mol. The molecule has 0 saturated carbocycles. The molecule has 0 radical (unpaired) electrons. The minimum absolute atomic E-state index is 0.0550. The zero-order valence-electron chi connectivity index (χ0n) is 44.6. The van der Waals surface area contributed by atoms with Gasteiger partial charge in [-0.05, 0) is 51.9 Å². The number of ketones is 1. The number of carboxylic acid groups (broad SMARTS) is 6. The number of Topliss-reactive ketones (excluding diaryl/α,β-unsaturated/α-hetero) is 1. The van der Waals surface area contributed by atoms with E-state index in [0.29, 0.717) is 12.8 Å². The number of hydrogen-bond donors (Lipinski definition) is 15. The van der Waals surface area contributed by atoms with Crippen LogP contribution in [-0.2, 0) is 67.1 Å². The van der Waals surface area contributed by atoms with Crippen molar-refractivity contribution in [2.24, 2.45) is 0 Å². The standard InChI is InChI=1S/C50H81N7O22/c1-30(60)18-19-32(47(72)73)52-40(63)26-22-35(50(78)79)56-46(71)37(29-59)57-44(69)31(23-27-43(67)68)55-45(70)36(28-58)54-41(64)25-21-34(49(76)77)53-39(62)24-20-33(48(74)75)51-38(61)16-14-12-10-8-6-4-2-3-5-7-9-11-13-15-17-42(65)66/h31-37,58-59H,2-29H2,1H3,(H,51,61)(H,52,63)(H,53,62)(H,54,64)(H,55,70)(H,56,71)(H,57,69)(H,65,66)(H,67,68)(H,72,73)(H,74,75)(H,76,77)(H,78,79)/t31-,32-,33?,34-,35-,36-,37-/m0/s1. The van der Waals surface area contributed by atoms with Crippen LogP contribution < -0.4 is 37.2 Å². The molecule has 0 aromatic rings. The zero-order valence-corrected chi connectivity index (χ0v) is 44.6. The summed E-state index contributed by atoms with van der Waals surface area (Å²) in [5.41, 5.74) is 0. The molecule has 15 N–H and O–H groups in total. The zero-order chi connectivity index (χ0) is 59.9. The largest absolute Gasteiger partial charge is 0.481 e. The van der Waals surface area contributed by atoms with E-state index < -0.39 is 184 Å².